The van der Waals surface area contributed by atoms with Crippen LogP contribution in [0.25, 0.3) is 0 Å². The molecule has 0 spiro atoms. The first-order valence-electron chi connectivity index (χ1n) is 8.43. The van der Waals surface area contributed by atoms with Crippen molar-refractivity contribution >= 4 is 17.6 Å². The van der Waals surface area contributed by atoms with Gasteiger partial charge in [0.15, 0.2) is 0 Å². The number of nitrogens with zero attached hydrogens (tertiary/aromatic N) is 3. The molecular formula is C16H25N3O3S. The molecule has 23 heavy (non-hydrogen) atoms. The molecule has 3 heterocycles. The minimum absolute atomic E-state index is 0.228. The highest BCUT2D eigenvalue weighted by Gasteiger charge is 2.24. The fourth-order valence-corrected chi connectivity index (χ4v) is 4.30. The van der Waals surface area contributed by atoms with Crippen molar-refractivity contribution in [2.24, 2.45) is 0 Å². The number of carbonyl (C=O) groups is 1. The summed E-state index contributed by atoms with van der Waals surface area (Å²) in [5, 5.41) is 9.78. The summed E-state index contributed by atoms with van der Waals surface area (Å²) in [5.74, 6) is 0. The molecule has 0 radical (unpaired) electrons. The van der Waals surface area contributed by atoms with Crippen LogP contribution in [0, 0.1) is 0 Å². The number of carbonyl (C=O) groups excluding carboxylic acids is 1. The van der Waals surface area contributed by atoms with Crippen molar-refractivity contribution in [2.45, 2.75) is 38.3 Å². The third-order valence-corrected chi connectivity index (χ3v) is 5.55. The number of aliphatic hydroxyl groups excluding tert-OH is 1. The number of piperidine rings is 1. The molecule has 1 saturated heterocycles. The zero-order valence-corrected chi connectivity index (χ0v) is 14.3. The maximum Gasteiger partial charge on any atom is 0.273 e. The van der Waals surface area contributed by atoms with Crippen molar-refractivity contribution < 1.29 is 14.6 Å². The molecule has 1 N–H and O–H groups in total. The average Bonchev–Trinajstić information content (AvgIpc) is 2.96. The molecule has 1 fully saturated rings. The summed E-state index contributed by atoms with van der Waals surface area (Å²) in [6.45, 7) is 5.65. The molecule has 0 atom stereocenters. The first kappa shape index (κ1) is 16.8. The molecule has 1 aromatic rings. The van der Waals surface area contributed by atoms with E-state index in [9.17, 15) is 4.79 Å². The van der Waals surface area contributed by atoms with Crippen LogP contribution in [0.1, 0.15) is 29.8 Å². The second kappa shape index (κ2) is 8.19. The van der Waals surface area contributed by atoms with E-state index < -0.39 is 0 Å². The Morgan fingerprint density at radius 1 is 1.26 bits per heavy atom. The third-order valence-electron chi connectivity index (χ3n) is 4.57. The van der Waals surface area contributed by atoms with Gasteiger partial charge in [-0.3, -0.25) is 4.90 Å². The summed E-state index contributed by atoms with van der Waals surface area (Å²) < 4.78 is 6.09. The molecule has 128 valence electrons. The quantitative estimate of drug-likeness (QED) is 0.746. The van der Waals surface area contributed by atoms with Crippen LogP contribution < -0.4 is 4.74 Å². The highest BCUT2D eigenvalue weighted by atomic mass is 32.1. The van der Waals surface area contributed by atoms with Crippen LogP contribution in [0.2, 0.25) is 0 Å². The number of β-amino-alcohol motifs (C(OH)–C–C–N with tert-alkyl or cyclic N) is 1. The smallest absolute Gasteiger partial charge is 0.273 e. The number of thiazole rings is 1. The molecule has 6 nitrogen and oxygen atoms in total. The molecule has 3 rings (SSSR count). The SMILES string of the molecule is O=CCCN1CCc2nc(OC3CCN(CCO)CC3)sc2C1. The summed E-state index contributed by atoms with van der Waals surface area (Å²) in [6, 6.07) is 0. The molecule has 2 aliphatic rings. The zero-order chi connectivity index (χ0) is 16.1. The van der Waals surface area contributed by atoms with E-state index in [2.05, 4.69) is 14.8 Å². The van der Waals surface area contributed by atoms with Gasteiger partial charge in [-0.25, -0.2) is 4.98 Å². The van der Waals surface area contributed by atoms with Crippen LogP contribution in [0.3, 0.4) is 0 Å². The summed E-state index contributed by atoms with van der Waals surface area (Å²) in [4.78, 5) is 21.0. The Kier molecular flexibility index (Phi) is 5.99. The fourth-order valence-electron chi connectivity index (χ4n) is 3.24. The molecule has 1 aromatic heterocycles. The molecule has 0 saturated carbocycles. The topological polar surface area (TPSA) is 65.9 Å². The van der Waals surface area contributed by atoms with E-state index in [1.54, 1.807) is 11.3 Å². The van der Waals surface area contributed by atoms with E-state index in [0.717, 1.165) is 70.0 Å². The van der Waals surface area contributed by atoms with Crippen LogP contribution in [0.5, 0.6) is 5.19 Å². The van der Waals surface area contributed by atoms with Crippen LogP contribution in [-0.4, -0.2) is 71.6 Å². The van der Waals surface area contributed by atoms with Crippen molar-refractivity contribution in [3.05, 3.63) is 10.6 Å². The number of ether oxygens (including phenoxy) is 1. The molecular weight excluding hydrogens is 314 g/mol. The molecule has 0 aromatic carbocycles. The maximum atomic E-state index is 10.5. The highest BCUT2D eigenvalue weighted by molar-refractivity contribution is 7.13. The van der Waals surface area contributed by atoms with Crippen LogP contribution in [0.15, 0.2) is 0 Å². The second-order valence-corrected chi connectivity index (χ2v) is 7.26. The molecule has 0 aliphatic carbocycles. The largest absolute Gasteiger partial charge is 0.467 e. The van der Waals surface area contributed by atoms with Gasteiger partial charge in [0.25, 0.3) is 5.19 Å². The van der Waals surface area contributed by atoms with Crippen molar-refractivity contribution in [3.63, 3.8) is 0 Å². The summed E-state index contributed by atoms with van der Waals surface area (Å²) >= 11 is 1.66. The Morgan fingerprint density at radius 2 is 2.09 bits per heavy atom. The van der Waals surface area contributed by atoms with Gasteiger partial charge in [-0.2, -0.15) is 0 Å². The van der Waals surface area contributed by atoms with E-state index >= 15 is 0 Å². The molecule has 0 amide bonds. The number of hydrogen-bond acceptors (Lipinski definition) is 7. The van der Waals surface area contributed by atoms with Crippen molar-refractivity contribution in [2.75, 3.05) is 39.3 Å². The number of likely N-dealkylation sites (tertiary alicyclic amines) is 1. The van der Waals surface area contributed by atoms with E-state index in [0.29, 0.717) is 6.42 Å². The van der Waals surface area contributed by atoms with Crippen molar-refractivity contribution in [1.29, 1.82) is 0 Å². The van der Waals surface area contributed by atoms with Gasteiger partial charge >= 0.3 is 0 Å². The normalized spacial score (nSPS) is 20.4. The number of aromatic nitrogens is 1. The summed E-state index contributed by atoms with van der Waals surface area (Å²) in [7, 11) is 0. The van der Waals surface area contributed by atoms with Crippen LogP contribution >= 0.6 is 11.3 Å². The van der Waals surface area contributed by atoms with E-state index in [4.69, 9.17) is 9.84 Å². The number of hydrogen-bond donors (Lipinski definition) is 1. The Morgan fingerprint density at radius 3 is 2.83 bits per heavy atom. The van der Waals surface area contributed by atoms with Crippen molar-refractivity contribution in [1.82, 2.24) is 14.8 Å². The number of fused-ring (bicyclic) bond motifs is 1. The lowest BCUT2D eigenvalue weighted by molar-refractivity contribution is -0.108. The zero-order valence-electron chi connectivity index (χ0n) is 13.4. The Balaban J connectivity index is 1.51. The lowest BCUT2D eigenvalue weighted by Crippen LogP contribution is -2.39. The van der Waals surface area contributed by atoms with Gasteiger partial charge in [-0.1, -0.05) is 11.3 Å². The molecule has 0 unspecified atom stereocenters. The van der Waals surface area contributed by atoms with Gasteiger partial charge in [0.05, 0.1) is 12.3 Å². The number of aldehydes is 1. The maximum absolute atomic E-state index is 10.5. The Hall–Kier alpha value is -1.02. The van der Waals surface area contributed by atoms with Crippen LogP contribution in [0.4, 0.5) is 0 Å². The summed E-state index contributed by atoms with van der Waals surface area (Å²) in [5.41, 5.74) is 1.17. The molecule has 2 aliphatic heterocycles. The van der Waals surface area contributed by atoms with E-state index in [1.165, 1.54) is 10.6 Å². The van der Waals surface area contributed by atoms with Gasteiger partial charge in [-0.05, 0) is 12.8 Å². The molecule has 7 heteroatoms. The lowest BCUT2D eigenvalue weighted by atomic mass is 10.1. The second-order valence-electron chi connectivity index (χ2n) is 6.21. The minimum Gasteiger partial charge on any atom is -0.467 e. The standard InChI is InChI=1S/C16H25N3O3S/c20-10-1-5-19-8-4-14-15(12-19)23-16(17-14)22-13-2-6-18(7-3-13)9-11-21/h10,13,21H,1-9,11-12H2. The fraction of sp³-hybridized carbons (Fsp3) is 0.750. The van der Waals surface area contributed by atoms with Crippen molar-refractivity contribution in [3.8, 4) is 5.19 Å². The number of aliphatic hydroxyl groups is 1. The first-order valence-corrected chi connectivity index (χ1v) is 9.24. The van der Waals surface area contributed by atoms with Gasteiger partial charge in [0.1, 0.15) is 12.4 Å². The monoisotopic (exact) mass is 339 g/mol. The predicted molar refractivity (Wildman–Crippen MR) is 89.0 cm³/mol. The first-order chi connectivity index (χ1) is 11.3. The van der Waals surface area contributed by atoms with Gasteiger partial charge in [-0.15, -0.1) is 0 Å². The van der Waals surface area contributed by atoms with E-state index in [1.807, 2.05) is 0 Å². The Bertz CT molecular complexity index is 515. The average molecular weight is 339 g/mol. The predicted octanol–water partition coefficient (Wildman–Crippen LogP) is 0.926. The van der Waals surface area contributed by atoms with Gasteiger partial charge < -0.3 is 19.5 Å². The number of rotatable bonds is 7. The Labute approximate surface area is 141 Å². The highest BCUT2D eigenvalue weighted by Crippen LogP contribution is 2.31. The van der Waals surface area contributed by atoms with Gasteiger partial charge in [0, 0.05) is 57.0 Å². The molecule has 0 bridgehead atoms. The van der Waals surface area contributed by atoms with Crippen LogP contribution in [-0.2, 0) is 17.8 Å². The van der Waals surface area contributed by atoms with E-state index in [-0.39, 0.29) is 12.7 Å². The van der Waals surface area contributed by atoms with Gasteiger partial charge in [0.2, 0.25) is 0 Å². The minimum atomic E-state index is 0.228. The third kappa shape index (κ3) is 4.50. The lowest BCUT2D eigenvalue weighted by Gasteiger charge is -2.30. The summed E-state index contributed by atoms with van der Waals surface area (Å²) in [6.07, 6.45) is 4.77.